The summed E-state index contributed by atoms with van der Waals surface area (Å²) in [5.41, 5.74) is 5.90. The summed E-state index contributed by atoms with van der Waals surface area (Å²) in [6.45, 7) is 8.42. The van der Waals surface area contributed by atoms with Crippen LogP contribution in [0.1, 0.15) is 40.5 Å². The molecule has 0 bridgehead atoms. The minimum Gasteiger partial charge on any atom is -0.366 e. The molecule has 0 radical (unpaired) electrons. The van der Waals surface area contributed by atoms with E-state index in [9.17, 15) is 0 Å². The highest BCUT2D eigenvalue weighted by atomic mass is 16.6. The van der Waals surface area contributed by atoms with Crippen LogP contribution in [-0.2, 0) is 4.74 Å². The Kier molecular flexibility index (Phi) is 2.01. The highest BCUT2D eigenvalue weighted by molar-refractivity contribution is 5.08. The lowest BCUT2D eigenvalue weighted by molar-refractivity contribution is -0.275. The lowest BCUT2D eigenvalue weighted by Gasteiger charge is -2.58. The van der Waals surface area contributed by atoms with Crippen molar-refractivity contribution >= 4 is 0 Å². The van der Waals surface area contributed by atoms with Crippen molar-refractivity contribution in [3.05, 3.63) is 0 Å². The van der Waals surface area contributed by atoms with Crippen molar-refractivity contribution in [1.82, 2.24) is 0 Å². The Labute approximate surface area is 69.1 Å². The smallest absolute Gasteiger partial charge is 0.0838 e. The summed E-state index contributed by atoms with van der Waals surface area (Å²) >= 11 is 0. The van der Waals surface area contributed by atoms with Crippen molar-refractivity contribution in [2.24, 2.45) is 5.73 Å². The number of hydrogen-bond donors (Lipinski definition) is 1. The van der Waals surface area contributed by atoms with E-state index in [-0.39, 0.29) is 17.2 Å². The maximum Gasteiger partial charge on any atom is 0.0838 e. The first-order chi connectivity index (χ1) is 4.98. The summed E-state index contributed by atoms with van der Waals surface area (Å²) in [5, 5.41) is 0. The molecule has 0 aliphatic carbocycles. The minimum absolute atomic E-state index is 0.0647. The van der Waals surface area contributed by atoms with Gasteiger partial charge in [-0.1, -0.05) is 13.8 Å². The summed E-state index contributed by atoms with van der Waals surface area (Å²) in [4.78, 5) is 0. The van der Waals surface area contributed by atoms with Gasteiger partial charge in [0.25, 0.3) is 0 Å². The summed E-state index contributed by atoms with van der Waals surface area (Å²) in [6, 6.07) is 0.199. The van der Waals surface area contributed by atoms with E-state index >= 15 is 0 Å². The Morgan fingerprint density at radius 2 is 1.55 bits per heavy atom. The fraction of sp³-hybridized carbons (Fsp3) is 1.00. The number of nitrogens with two attached hydrogens (primary N) is 1. The Morgan fingerprint density at radius 3 is 1.73 bits per heavy atom. The zero-order valence-corrected chi connectivity index (χ0v) is 7.98. The third-order valence-electron chi connectivity index (χ3n) is 3.19. The molecule has 1 rings (SSSR count). The molecule has 0 unspecified atom stereocenters. The molecule has 0 aromatic rings. The molecule has 0 amide bonds. The quantitative estimate of drug-likeness (QED) is 0.662. The van der Waals surface area contributed by atoms with Crippen LogP contribution in [0.25, 0.3) is 0 Å². The predicted molar refractivity (Wildman–Crippen MR) is 46.5 cm³/mol. The summed E-state index contributed by atoms with van der Waals surface area (Å²) in [7, 11) is 0. The zero-order chi connectivity index (χ0) is 8.70. The Balaban J connectivity index is 2.62. The summed E-state index contributed by atoms with van der Waals surface area (Å²) < 4.78 is 5.80. The standard InChI is InChI=1S/C9H19NO/c1-5-8(3)7(10)9(4,6-2)11-8/h7H,5-6,10H2,1-4H3/t8-,9-/m1/s1. The van der Waals surface area contributed by atoms with Crippen LogP contribution < -0.4 is 5.73 Å². The molecule has 2 N–H and O–H groups in total. The first kappa shape index (κ1) is 9.01. The summed E-state index contributed by atoms with van der Waals surface area (Å²) in [5.74, 6) is 0. The van der Waals surface area contributed by atoms with Crippen LogP contribution in [0.3, 0.4) is 0 Å². The Morgan fingerprint density at radius 1 is 1.18 bits per heavy atom. The van der Waals surface area contributed by atoms with Gasteiger partial charge in [0.05, 0.1) is 17.2 Å². The lowest BCUT2D eigenvalue weighted by atomic mass is 9.73. The molecule has 0 aromatic carbocycles. The molecule has 0 saturated carbocycles. The van der Waals surface area contributed by atoms with Gasteiger partial charge in [-0.25, -0.2) is 0 Å². The molecule has 2 nitrogen and oxygen atoms in total. The average molecular weight is 157 g/mol. The van der Waals surface area contributed by atoms with E-state index < -0.39 is 0 Å². The van der Waals surface area contributed by atoms with Gasteiger partial charge >= 0.3 is 0 Å². The molecule has 1 aliphatic heterocycles. The zero-order valence-electron chi connectivity index (χ0n) is 7.98. The molecule has 0 aromatic heterocycles. The monoisotopic (exact) mass is 157 g/mol. The van der Waals surface area contributed by atoms with Crippen molar-refractivity contribution in [3.63, 3.8) is 0 Å². The average Bonchev–Trinajstić information content (AvgIpc) is 2.03. The van der Waals surface area contributed by atoms with Gasteiger partial charge in [-0.3, -0.25) is 0 Å². The highest BCUT2D eigenvalue weighted by Crippen LogP contribution is 2.43. The normalized spacial score (nSPS) is 45.5. The van der Waals surface area contributed by atoms with Crippen LogP contribution in [0.15, 0.2) is 0 Å². The fourth-order valence-electron chi connectivity index (χ4n) is 1.83. The van der Waals surface area contributed by atoms with E-state index in [1.807, 2.05) is 0 Å². The van der Waals surface area contributed by atoms with Crippen LogP contribution in [0.5, 0.6) is 0 Å². The van der Waals surface area contributed by atoms with Gasteiger partial charge in [0.15, 0.2) is 0 Å². The SMILES string of the molecule is CC[C@@]1(C)O[C@](C)(CC)C1N. The minimum atomic E-state index is -0.0647. The maximum atomic E-state index is 6.03. The van der Waals surface area contributed by atoms with Crippen LogP contribution in [0.2, 0.25) is 0 Å². The van der Waals surface area contributed by atoms with Crippen molar-refractivity contribution in [2.75, 3.05) is 0 Å². The number of ether oxygens (including phenoxy) is 1. The van der Waals surface area contributed by atoms with Crippen LogP contribution >= 0.6 is 0 Å². The first-order valence-corrected chi connectivity index (χ1v) is 4.44. The van der Waals surface area contributed by atoms with Gasteiger partial charge in [-0.05, 0) is 26.7 Å². The van der Waals surface area contributed by atoms with Crippen molar-refractivity contribution in [3.8, 4) is 0 Å². The molecule has 1 fully saturated rings. The lowest BCUT2D eigenvalue weighted by Crippen LogP contribution is -2.73. The van der Waals surface area contributed by atoms with E-state index in [4.69, 9.17) is 10.5 Å². The van der Waals surface area contributed by atoms with Gasteiger partial charge in [-0.2, -0.15) is 0 Å². The fourth-order valence-corrected chi connectivity index (χ4v) is 1.83. The van der Waals surface area contributed by atoms with Gasteiger partial charge in [-0.15, -0.1) is 0 Å². The van der Waals surface area contributed by atoms with Gasteiger partial charge in [0.2, 0.25) is 0 Å². The number of hydrogen-bond acceptors (Lipinski definition) is 2. The molecular formula is C9H19NO. The van der Waals surface area contributed by atoms with Crippen LogP contribution in [0, 0.1) is 0 Å². The molecule has 11 heavy (non-hydrogen) atoms. The molecule has 0 spiro atoms. The largest absolute Gasteiger partial charge is 0.366 e. The van der Waals surface area contributed by atoms with Crippen LogP contribution in [-0.4, -0.2) is 17.2 Å². The van der Waals surface area contributed by atoms with E-state index in [0.29, 0.717) is 0 Å². The maximum absolute atomic E-state index is 6.03. The van der Waals surface area contributed by atoms with E-state index in [0.717, 1.165) is 12.8 Å². The van der Waals surface area contributed by atoms with E-state index in [1.54, 1.807) is 0 Å². The second-order valence-corrected chi connectivity index (χ2v) is 3.91. The van der Waals surface area contributed by atoms with E-state index in [1.165, 1.54) is 0 Å². The molecule has 1 heterocycles. The van der Waals surface area contributed by atoms with Gasteiger partial charge in [0.1, 0.15) is 0 Å². The Bertz CT molecular complexity index is 144. The second-order valence-electron chi connectivity index (χ2n) is 3.91. The molecule has 2 atom stereocenters. The molecule has 2 heteroatoms. The number of rotatable bonds is 2. The Hall–Kier alpha value is -0.0800. The first-order valence-electron chi connectivity index (χ1n) is 4.44. The molecule has 1 saturated heterocycles. The topological polar surface area (TPSA) is 35.2 Å². The third kappa shape index (κ3) is 1.09. The van der Waals surface area contributed by atoms with E-state index in [2.05, 4.69) is 27.7 Å². The van der Waals surface area contributed by atoms with Crippen molar-refractivity contribution in [2.45, 2.75) is 57.8 Å². The van der Waals surface area contributed by atoms with Gasteiger partial charge < -0.3 is 10.5 Å². The molecule has 66 valence electrons. The van der Waals surface area contributed by atoms with Crippen LogP contribution in [0.4, 0.5) is 0 Å². The second kappa shape index (κ2) is 2.46. The van der Waals surface area contributed by atoms with Crippen molar-refractivity contribution in [1.29, 1.82) is 0 Å². The highest BCUT2D eigenvalue weighted by Gasteiger charge is 2.55. The molecule has 1 aliphatic rings. The third-order valence-corrected chi connectivity index (χ3v) is 3.19. The predicted octanol–water partition coefficient (Wildman–Crippen LogP) is 1.68. The summed E-state index contributed by atoms with van der Waals surface area (Å²) in [6.07, 6.45) is 2.01. The van der Waals surface area contributed by atoms with Crippen molar-refractivity contribution < 1.29 is 4.74 Å². The molecular weight excluding hydrogens is 138 g/mol. The van der Waals surface area contributed by atoms with Gasteiger partial charge in [0, 0.05) is 0 Å².